The Morgan fingerprint density at radius 2 is 2.23 bits per heavy atom. The summed E-state index contributed by atoms with van der Waals surface area (Å²) in [5, 5.41) is 9.69. The number of hydrogen-bond acceptors (Lipinski definition) is 3. The Kier molecular flexibility index (Phi) is 4.16. The first-order valence-electron chi connectivity index (χ1n) is 5.06. The van der Waals surface area contributed by atoms with Crippen molar-refractivity contribution in [3.05, 3.63) is 0 Å². The topological polar surface area (TPSA) is 32.7 Å². The van der Waals surface area contributed by atoms with Crippen molar-refractivity contribution in [2.24, 2.45) is 5.92 Å². The number of piperidine rings is 1. The Morgan fingerprint density at radius 1 is 1.54 bits per heavy atom. The molecule has 0 aliphatic carbocycles. The molecule has 1 heterocycles. The highest BCUT2D eigenvalue weighted by Gasteiger charge is 2.28. The maximum Gasteiger partial charge on any atom is 0.0614 e. The minimum Gasteiger partial charge on any atom is -0.393 e. The van der Waals surface area contributed by atoms with Crippen LogP contribution in [0.25, 0.3) is 0 Å². The molecule has 0 saturated carbocycles. The molecule has 0 spiro atoms. The van der Waals surface area contributed by atoms with Gasteiger partial charge in [0, 0.05) is 32.2 Å². The van der Waals surface area contributed by atoms with Gasteiger partial charge in [-0.2, -0.15) is 0 Å². The molecule has 0 bridgehead atoms. The predicted molar refractivity (Wildman–Crippen MR) is 52.7 cm³/mol. The van der Waals surface area contributed by atoms with Crippen LogP contribution >= 0.6 is 0 Å². The molecule has 0 radical (unpaired) electrons. The summed E-state index contributed by atoms with van der Waals surface area (Å²) in [4.78, 5) is 2.40. The van der Waals surface area contributed by atoms with Gasteiger partial charge in [0.25, 0.3) is 0 Å². The molecule has 1 fully saturated rings. The first-order chi connectivity index (χ1) is 6.15. The third kappa shape index (κ3) is 2.93. The van der Waals surface area contributed by atoms with Crippen LogP contribution < -0.4 is 0 Å². The molecule has 3 heteroatoms. The lowest BCUT2D eigenvalue weighted by atomic mass is 9.94. The van der Waals surface area contributed by atoms with Gasteiger partial charge < -0.3 is 14.7 Å². The lowest BCUT2D eigenvalue weighted by Gasteiger charge is -2.38. The number of nitrogens with zero attached hydrogens (tertiary/aromatic N) is 1. The molecule has 1 N–H and O–H groups in total. The van der Waals surface area contributed by atoms with Crippen LogP contribution in [-0.4, -0.2) is 49.0 Å². The smallest absolute Gasteiger partial charge is 0.0614 e. The number of hydrogen-bond donors (Lipinski definition) is 1. The molecular weight excluding hydrogens is 166 g/mol. The van der Waals surface area contributed by atoms with Crippen LogP contribution in [0.15, 0.2) is 0 Å². The molecule has 3 nitrogen and oxygen atoms in total. The van der Waals surface area contributed by atoms with E-state index in [0.717, 1.165) is 19.5 Å². The minimum absolute atomic E-state index is 0.171. The molecule has 1 aliphatic rings. The summed E-state index contributed by atoms with van der Waals surface area (Å²) in [7, 11) is 1.70. The van der Waals surface area contributed by atoms with Crippen molar-refractivity contribution in [1.29, 1.82) is 0 Å². The van der Waals surface area contributed by atoms with Crippen LogP contribution in [0.2, 0.25) is 0 Å². The molecule has 1 saturated heterocycles. The Balaban J connectivity index is 2.42. The van der Waals surface area contributed by atoms with Crippen molar-refractivity contribution in [1.82, 2.24) is 4.90 Å². The van der Waals surface area contributed by atoms with Crippen LogP contribution in [0, 0.1) is 5.92 Å². The monoisotopic (exact) mass is 187 g/mol. The van der Waals surface area contributed by atoms with Crippen LogP contribution in [-0.2, 0) is 4.74 Å². The van der Waals surface area contributed by atoms with Gasteiger partial charge in [-0.05, 0) is 20.3 Å². The van der Waals surface area contributed by atoms with Crippen LogP contribution in [0.3, 0.4) is 0 Å². The lowest BCUT2D eigenvalue weighted by molar-refractivity contribution is -0.0183. The van der Waals surface area contributed by atoms with Crippen molar-refractivity contribution in [3.63, 3.8) is 0 Å². The fourth-order valence-corrected chi connectivity index (χ4v) is 1.89. The van der Waals surface area contributed by atoms with E-state index < -0.39 is 0 Å². The number of aliphatic hydroxyl groups excluding tert-OH is 1. The average molecular weight is 187 g/mol. The van der Waals surface area contributed by atoms with Gasteiger partial charge in [0.2, 0.25) is 0 Å². The molecule has 0 aromatic carbocycles. The molecule has 78 valence electrons. The van der Waals surface area contributed by atoms with E-state index in [2.05, 4.69) is 18.7 Å². The molecule has 0 aromatic rings. The molecule has 1 aliphatic heterocycles. The maximum atomic E-state index is 9.69. The Hall–Kier alpha value is -0.120. The fourth-order valence-electron chi connectivity index (χ4n) is 1.89. The van der Waals surface area contributed by atoms with Gasteiger partial charge in [-0.3, -0.25) is 0 Å². The summed E-state index contributed by atoms with van der Waals surface area (Å²) in [6, 6.07) is 0.576. The van der Waals surface area contributed by atoms with E-state index in [9.17, 15) is 5.11 Å². The molecule has 2 unspecified atom stereocenters. The van der Waals surface area contributed by atoms with E-state index in [4.69, 9.17) is 4.74 Å². The van der Waals surface area contributed by atoms with Crippen molar-refractivity contribution in [2.45, 2.75) is 32.4 Å². The Labute approximate surface area is 80.7 Å². The highest BCUT2D eigenvalue weighted by atomic mass is 16.5. The minimum atomic E-state index is -0.171. The first kappa shape index (κ1) is 11.0. The van der Waals surface area contributed by atoms with Gasteiger partial charge in [-0.25, -0.2) is 0 Å². The van der Waals surface area contributed by atoms with Crippen molar-refractivity contribution < 1.29 is 9.84 Å². The Morgan fingerprint density at radius 3 is 2.77 bits per heavy atom. The number of methoxy groups -OCH3 is 1. The second kappa shape index (κ2) is 4.94. The van der Waals surface area contributed by atoms with Gasteiger partial charge in [0.15, 0.2) is 0 Å². The number of ether oxygens (including phenoxy) is 1. The highest BCUT2D eigenvalue weighted by Crippen LogP contribution is 2.19. The normalized spacial score (nSPS) is 31.2. The Bertz CT molecular complexity index is 150. The van der Waals surface area contributed by atoms with Gasteiger partial charge >= 0.3 is 0 Å². The van der Waals surface area contributed by atoms with Crippen LogP contribution in [0.5, 0.6) is 0 Å². The zero-order valence-corrected chi connectivity index (χ0v) is 8.86. The van der Waals surface area contributed by atoms with Crippen molar-refractivity contribution >= 4 is 0 Å². The van der Waals surface area contributed by atoms with Gasteiger partial charge in [0.05, 0.1) is 12.7 Å². The molecule has 0 aromatic heterocycles. The standard InChI is InChI=1S/C10H21NO2/c1-8(2)11-5-4-10(12)9(6-11)7-13-3/h8-10,12H,4-7H2,1-3H3. The summed E-state index contributed by atoms with van der Waals surface area (Å²) >= 11 is 0. The van der Waals surface area contributed by atoms with E-state index in [1.54, 1.807) is 7.11 Å². The summed E-state index contributed by atoms with van der Waals surface area (Å²) in [5.74, 6) is 0.293. The molecule has 0 amide bonds. The second-order valence-corrected chi connectivity index (χ2v) is 4.16. The van der Waals surface area contributed by atoms with Gasteiger partial charge in [-0.1, -0.05) is 0 Å². The zero-order chi connectivity index (χ0) is 9.84. The van der Waals surface area contributed by atoms with Crippen LogP contribution in [0.4, 0.5) is 0 Å². The first-order valence-corrected chi connectivity index (χ1v) is 5.06. The zero-order valence-electron chi connectivity index (χ0n) is 8.86. The van der Waals surface area contributed by atoms with E-state index in [1.165, 1.54) is 0 Å². The quantitative estimate of drug-likeness (QED) is 0.707. The van der Waals surface area contributed by atoms with Crippen LogP contribution in [0.1, 0.15) is 20.3 Å². The molecular formula is C10H21NO2. The third-order valence-corrected chi connectivity index (χ3v) is 2.84. The van der Waals surface area contributed by atoms with E-state index in [-0.39, 0.29) is 6.10 Å². The lowest BCUT2D eigenvalue weighted by Crippen LogP contribution is -2.47. The second-order valence-electron chi connectivity index (χ2n) is 4.16. The van der Waals surface area contributed by atoms with E-state index in [0.29, 0.717) is 18.6 Å². The predicted octanol–water partition coefficient (Wildman–Crippen LogP) is 0.724. The van der Waals surface area contributed by atoms with E-state index in [1.807, 2.05) is 0 Å². The van der Waals surface area contributed by atoms with E-state index >= 15 is 0 Å². The fraction of sp³-hybridized carbons (Fsp3) is 1.00. The maximum absolute atomic E-state index is 9.69. The average Bonchev–Trinajstić information content (AvgIpc) is 2.08. The summed E-state index contributed by atoms with van der Waals surface area (Å²) in [5.41, 5.74) is 0. The third-order valence-electron chi connectivity index (χ3n) is 2.84. The number of aliphatic hydroxyl groups is 1. The number of likely N-dealkylation sites (tertiary alicyclic amines) is 1. The molecule has 2 atom stereocenters. The highest BCUT2D eigenvalue weighted by molar-refractivity contribution is 4.81. The summed E-state index contributed by atoms with van der Waals surface area (Å²) in [6.45, 7) is 7.04. The van der Waals surface area contributed by atoms with Gasteiger partial charge in [-0.15, -0.1) is 0 Å². The molecule has 13 heavy (non-hydrogen) atoms. The SMILES string of the molecule is COCC1CN(C(C)C)CCC1O. The molecule has 1 rings (SSSR count). The largest absolute Gasteiger partial charge is 0.393 e. The van der Waals surface area contributed by atoms with Crippen molar-refractivity contribution in [2.75, 3.05) is 26.8 Å². The summed E-state index contributed by atoms with van der Waals surface area (Å²) in [6.07, 6.45) is 0.710. The number of rotatable bonds is 3. The van der Waals surface area contributed by atoms with Crippen molar-refractivity contribution in [3.8, 4) is 0 Å². The van der Waals surface area contributed by atoms with Gasteiger partial charge in [0.1, 0.15) is 0 Å². The summed E-state index contributed by atoms with van der Waals surface area (Å²) < 4.78 is 5.09.